The largest absolute Gasteiger partial charge is 0.339 e. The van der Waals surface area contributed by atoms with Gasteiger partial charge in [0.15, 0.2) is 5.16 Å². The van der Waals surface area contributed by atoms with Crippen molar-refractivity contribution < 1.29 is 0 Å². The Morgan fingerprint density at radius 3 is 2.84 bits per heavy atom. The molecule has 2 aromatic rings. The van der Waals surface area contributed by atoms with Gasteiger partial charge in [-0.2, -0.15) is 4.98 Å². The van der Waals surface area contributed by atoms with Crippen LogP contribution in [0.4, 0.5) is 0 Å². The summed E-state index contributed by atoms with van der Waals surface area (Å²) < 4.78 is 1.38. The predicted octanol–water partition coefficient (Wildman–Crippen LogP) is 0.732. The molecule has 1 aromatic carbocycles. The van der Waals surface area contributed by atoms with Crippen molar-refractivity contribution in [1.82, 2.24) is 14.8 Å². The number of nitrogens with two attached hydrogens (primary N) is 1. The predicted molar refractivity (Wildman–Crippen MR) is 73.6 cm³/mol. The van der Waals surface area contributed by atoms with E-state index < -0.39 is 11.1 Å². The molecular weight excluding hydrogens is 288 g/mol. The minimum atomic E-state index is -0.824. The molecule has 0 saturated carbocycles. The molecule has 0 saturated heterocycles. The lowest BCUT2D eigenvalue weighted by Gasteiger charge is -2.08. The molecule has 0 unspecified atom stereocenters. The Labute approximate surface area is 117 Å². The van der Waals surface area contributed by atoms with Gasteiger partial charge in [-0.05, 0) is 29.5 Å². The van der Waals surface area contributed by atoms with Gasteiger partial charge in [-0.3, -0.25) is 19.4 Å². The smallest absolute Gasteiger partial charge is 0.326 e. The Morgan fingerprint density at radius 1 is 1.47 bits per heavy atom. The molecule has 0 radical (unpaired) electrons. The van der Waals surface area contributed by atoms with Crippen LogP contribution in [0.5, 0.6) is 0 Å². The molecule has 0 aliphatic heterocycles. The number of halogens is 1. The molecule has 8 heteroatoms. The van der Waals surface area contributed by atoms with E-state index in [9.17, 15) is 9.59 Å². The fourth-order valence-electron chi connectivity index (χ4n) is 1.40. The average Bonchev–Trinajstić information content (AvgIpc) is 2.38. The van der Waals surface area contributed by atoms with Gasteiger partial charge in [-0.1, -0.05) is 17.7 Å². The first-order valence-corrected chi connectivity index (χ1v) is 6.54. The minimum Gasteiger partial charge on any atom is -0.326 e. The number of aromatic nitrogens is 3. The van der Waals surface area contributed by atoms with Gasteiger partial charge in [-0.15, -0.1) is 0 Å². The van der Waals surface area contributed by atoms with Crippen molar-refractivity contribution in [3.8, 4) is 0 Å². The average molecular weight is 299 g/mol. The Bertz CT molecular complexity index is 725. The second kappa shape index (κ2) is 5.60. The fraction of sp³-hybridized carbons (Fsp3) is 0.182. The molecule has 19 heavy (non-hydrogen) atoms. The molecule has 2 rings (SSSR count). The fourth-order valence-corrected chi connectivity index (χ4v) is 2.52. The molecule has 0 bridgehead atoms. The Kier molecular flexibility index (Phi) is 4.08. The topological polar surface area (TPSA) is 93.8 Å². The zero-order valence-corrected chi connectivity index (χ0v) is 11.6. The number of rotatable bonds is 3. The summed E-state index contributed by atoms with van der Waals surface area (Å²) in [7, 11) is 1.60. The number of nitrogens with zero attached hydrogens (tertiary/aromatic N) is 2. The van der Waals surface area contributed by atoms with E-state index in [0.29, 0.717) is 16.7 Å². The summed E-state index contributed by atoms with van der Waals surface area (Å²) >= 11 is 7.31. The zero-order valence-electron chi connectivity index (χ0n) is 10.0. The molecule has 3 N–H and O–H groups in total. The van der Waals surface area contributed by atoms with Crippen molar-refractivity contribution in [2.45, 2.75) is 16.6 Å². The molecule has 0 aliphatic rings. The maximum Gasteiger partial charge on any atom is 0.339 e. The first-order chi connectivity index (χ1) is 9.01. The Balaban J connectivity index is 2.39. The number of aryl methyl sites for hydroxylation is 1. The van der Waals surface area contributed by atoms with Crippen molar-refractivity contribution in [2.75, 3.05) is 0 Å². The quantitative estimate of drug-likeness (QED) is 0.815. The summed E-state index contributed by atoms with van der Waals surface area (Å²) in [6.45, 7) is 0.403. The van der Waals surface area contributed by atoms with E-state index in [1.807, 2.05) is 6.07 Å². The van der Waals surface area contributed by atoms with Gasteiger partial charge >= 0.3 is 11.1 Å². The maximum absolute atomic E-state index is 11.2. The van der Waals surface area contributed by atoms with Gasteiger partial charge in [0.1, 0.15) is 0 Å². The first kappa shape index (κ1) is 13.9. The minimum absolute atomic E-state index is 0.354. The normalized spacial score (nSPS) is 10.7. The van der Waals surface area contributed by atoms with Crippen LogP contribution in [0, 0.1) is 0 Å². The Morgan fingerprint density at radius 2 is 2.21 bits per heavy atom. The molecule has 1 heterocycles. The van der Waals surface area contributed by atoms with Crippen molar-refractivity contribution in [3.63, 3.8) is 0 Å². The van der Waals surface area contributed by atoms with Crippen molar-refractivity contribution in [1.29, 1.82) is 0 Å². The Hall–Kier alpha value is -1.57. The second-order valence-electron chi connectivity index (χ2n) is 3.77. The van der Waals surface area contributed by atoms with E-state index >= 15 is 0 Å². The molecule has 100 valence electrons. The highest BCUT2D eigenvalue weighted by Crippen LogP contribution is 2.31. The number of hydrogen-bond acceptors (Lipinski definition) is 5. The molecule has 0 amide bonds. The van der Waals surface area contributed by atoms with Crippen LogP contribution in [0.3, 0.4) is 0 Å². The third kappa shape index (κ3) is 3.06. The highest BCUT2D eigenvalue weighted by atomic mass is 35.5. The van der Waals surface area contributed by atoms with E-state index in [2.05, 4.69) is 10.1 Å². The van der Waals surface area contributed by atoms with E-state index in [1.54, 1.807) is 19.2 Å². The van der Waals surface area contributed by atoms with E-state index in [4.69, 9.17) is 17.3 Å². The summed E-state index contributed by atoms with van der Waals surface area (Å²) in [6.07, 6.45) is 0. The van der Waals surface area contributed by atoms with Gasteiger partial charge in [0.25, 0.3) is 0 Å². The highest BCUT2D eigenvalue weighted by molar-refractivity contribution is 7.99. The third-order valence-corrected chi connectivity index (χ3v) is 3.93. The SMILES string of the molecule is Cn1[nH]c(=O)c(=O)nc1Sc1ccc(CN)cc1Cl. The van der Waals surface area contributed by atoms with Crippen molar-refractivity contribution in [3.05, 3.63) is 49.5 Å². The van der Waals surface area contributed by atoms with Crippen LogP contribution in [0.2, 0.25) is 5.02 Å². The van der Waals surface area contributed by atoms with Crippen LogP contribution in [0.15, 0.2) is 37.8 Å². The van der Waals surface area contributed by atoms with Crippen molar-refractivity contribution >= 4 is 23.4 Å². The molecule has 0 aliphatic carbocycles. The van der Waals surface area contributed by atoms with Crippen molar-refractivity contribution in [2.24, 2.45) is 12.8 Å². The van der Waals surface area contributed by atoms with Gasteiger partial charge < -0.3 is 5.73 Å². The van der Waals surface area contributed by atoms with E-state index in [-0.39, 0.29) is 0 Å². The first-order valence-electron chi connectivity index (χ1n) is 5.35. The molecule has 0 spiro atoms. The van der Waals surface area contributed by atoms with Crippen LogP contribution in [0.1, 0.15) is 5.56 Å². The van der Waals surface area contributed by atoms with E-state index in [1.165, 1.54) is 16.4 Å². The second-order valence-corrected chi connectivity index (χ2v) is 5.19. The summed E-state index contributed by atoms with van der Waals surface area (Å²) in [4.78, 5) is 26.8. The van der Waals surface area contributed by atoms with Crippen LogP contribution in [-0.2, 0) is 13.6 Å². The molecule has 6 nitrogen and oxygen atoms in total. The number of aromatic amines is 1. The monoisotopic (exact) mass is 298 g/mol. The van der Waals surface area contributed by atoms with Crippen LogP contribution >= 0.6 is 23.4 Å². The lowest BCUT2D eigenvalue weighted by Crippen LogP contribution is -2.33. The third-order valence-electron chi connectivity index (χ3n) is 2.38. The lowest BCUT2D eigenvalue weighted by atomic mass is 10.2. The molecule has 1 aromatic heterocycles. The van der Waals surface area contributed by atoms with E-state index in [0.717, 1.165) is 10.5 Å². The number of nitrogens with one attached hydrogen (secondary N) is 1. The summed E-state index contributed by atoms with van der Waals surface area (Å²) in [5, 5.41) is 3.25. The molecular formula is C11H11ClN4O2S. The molecule has 0 fully saturated rings. The highest BCUT2D eigenvalue weighted by Gasteiger charge is 2.09. The number of benzene rings is 1. The van der Waals surface area contributed by atoms with Gasteiger partial charge in [0, 0.05) is 18.5 Å². The van der Waals surface area contributed by atoms with Gasteiger partial charge in [0.05, 0.1) is 5.02 Å². The van der Waals surface area contributed by atoms with Crippen LogP contribution < -0.4 is 16.9 Å². The van der Waals surface area contributed by atoms with Gasteiger partial charge in [-0.25, -0.2) is 0 Å². The standard InChI is InChI=1S/C11H11ClN4O2S/c1-16-11(14-9(17)10(18)15-16)19-8-3-2-6(5-13)4-7(8)12/h2-4H,5,13H2,1H3,(H,15,18). The molecule has 0 atom stereocenters. The summed E-state index contributed by atoms with van der Waals surface area (Å²) in [6, 6.07) is 5.40. The van der Waals surface area contributed by atoms with Crippen LogP contribution in [0.25, 0.3) is 0 Å². The zero-order chi connectivity index (χ0) is 14.0. The summed E-state index contributed by atoms with van der Waals surface area (Å²) in [5.74, 6) is 0. The van der Waals surface area contributed by atoms with Crippen LogP contribution in [-0.4, -0.2) is 14.8 Å². The number of H-pyrrole nitrogens is 1. The summed E-state index contributed by atoms with van der Waals surface area (Å²) in [5.41, 5.74) is 4.86. The maximum atomic E-state index is 11.2. The number of hydrogen-bond donors (Lipinski definition) is 2. The van der Waals surface area contributed by atoms with Gasteiger partial charge in [0.2, 0.25) is 0 Å². The lowest BCUT2D eigenvalue weighted by molar-refractivity contribution is 0.596.